The first-order chi connectivity index (χ1) is 14.2. The molecule has 0 atom stereocenters. The molecule has 1 aromatic heterocycles. The predicted octanol–water partition coefficient (Wildman–Crippen LogP) is 6.13. The summed E-state index contributed by atoms with van der Waals surface area (Å²) in [6.45, 7) is 5.58. The molecule has 0 fully saturated rings. The van der Waals surface area contributed by atoms with Crippen LogP contribution < -0.4 is 14.8 Å². The zero-order chi connectivity index (χ0) is 20.5. The smallest absolute Gasteiger partial charge is 0.163 e. The number of hydrogen-bond acceptors (Lipinski definition) is 5. The van der Waals surface area contributed by atoms with Crippen LogP contribution in [0.3, 0.4) is 0 Å². The Bertz CT molecular complexity index is 1000. The molecule has 30 heavy (non-hydrogen) atoms. The second-order valence-corrected chi connectivity index (χ2v) is 6.79. The number of aromatic nitrogens is 2. The van der Waals surface area contributed by atoms with Crippen LogP contribution in [0.15, 0.2) is 42.7 Å². The Hall–Kier alpha value is -2.97. The van der Waals surface area contributed by atoms with Crippen molar-refractivity contribution in [2.45, 2.75) is 39.5 Å². The molecule has 0 aliphatic heterocycles. The Morgan fingerprint density at radius 3 is 2.33 bits per heavy atom. The van der Waals surface area contributed by atoms with Crippen LogP contribution in [-0.2, 0) is 0 Å². The summed E-state index contributed by atoms with van der Waals surface area (Å²) < 4.78 is 12.0. The first kappa shape index (κ1) is 23.3. The van der Waals surface area contributed by atoms with Gasteiger partial charge >= 0.3 is 0 Å². The number of ether oxygens (including phenoxy) is 2. The van der Waals surface area contributed by atoms with E-state index in [2.05, 4.69) is 35.1 Å². The van der Waals surface area contributed by atoms with Gasteiger partial charge in [-0.1, -0.05) is 38.7 Å². The third-order valence-electron chi connectivity index (χ3n) is 4.50. The van der Waals surface area contributed by atoms with Crippen LogP contribution in [0, 0.1) is 12.3 Å². The lowest BCUT2D eigenvalue weighted by Gasteiger charge is -2.15. The molecule has 0 saturated heterocycles. The van der Waals surface area contributed by atoms with Crippen molar-refractivity contribution in [1.29, 1.82) is 0 Å². The molecule has 3 rings (SSSR count). The molecule has 2 aromatic carbocycles. The summed E-state index contributed by atoms with van der Waals surface area (Å²) in [4.78, 5) is 8.85. The minimum atomic E-state index is 0. The van der Waals surface area contributed by atoms with E-state index in [4.69, 9.17) is 15.9 Å². The number of anilines is 2. The second kappa shape index (κ2) is 11.9. The molecule has 3 aromatic rings. The molecule has 0 amide bonds. The summed E-state index contributed by atoms with van der Waals surface area (Å²) in [5.74, 6) is 4.79. The Morgan fingerprint density at radius 1 is 0.967 bits per heavy atom. The third kappa shape index (κ3) is 6.01. The van der Waals surface area contributed by atoms with Crippen LogP contribution in [0.2, 0.25) is 0 Å². The zero-order valence-electron chi connectivity index (χ0n) is 17.5. The summed E-state index contributed by atoms with van der Waals surface area (Å²) in [7, 11) is 0. The molecule has 5 nitrogen and oxygen atoms in total. The molecular weight excluding hydrogens is 398 g/mol. The summed E-state index contributed by atoms with van der Waals surface area (Å²) >= 11 is 0. The first-order valence-corrected chi connectivity index (χ1v) is 10.1. The van der Waals surface area contributed by atoms with Gasteiger partial charge < -0.3 is 14.8 Å². The fourth-order valence-electron chi connectivity index (χ4n) is 2.87. The number of fused-ring (bicyclic) bond motifs is 1. The van der Waals surface area contributed by atoms with Crippen LogP contribution in [0.4, 0.5) is 11.5 Å². The van der Waals surface area contributed by atoms with Crippen LogP contribution in [0.5, 0.6) is 11.5 Å². The van der Waals surface area contributed by atoms with E-state index in [0.717, 1.165) is 59.3 Å². The average molecular weight is 426 g/mol. The number of unbranched alkanes of at least 4 members (excludes halogenated alkanes) is 2. The Kier molecular flexibility index (Phi) is 9.24. The van der Waals surface area contributed by atoms with Crippen molar-refractivity contribution in [2.75, 3.05) is 18.5 Å². The molecule has 158 valence electrons. The highest BCUT2D eigenvalue weighted by atomic mass is 35.5. The van der Waals surface area contributed by atoms with Gasteiger partial charge in [0.25, 0.3) is 0 Å². The zero-order valence-corrected chi connectivity index (χ0v) is 18.3. The van der Waals surface area contributed by atoms with Crippen molar-refractivity contribution in [3.63, 3.8) is 0 Å². The van der Waals surface area contributed by atoms with Gasteiger partial charge in [0.1, 0.15) is 12.1 Å². The van der Waals surface area contributed by atoms with Crippen molar-refractivity contribution in [1.82, 2.24) is 9.97 Å². The van der Waals surface area contributed by atoms with Crippen LogP contribution >= 0.6 is 12.4 Å². The molecule has 0 saturated carbocycles. The number of nitrogens with zero attached hydrogens (tertiary/aromatic N) is 2. The number of benzene rings is 2. The minimum Gasteiger partial charge on any atom is -0.490 e. The molecule has 0 spiro atoms. The van der Waals surface area contributed by atoms with Gasteiger partial charge in [0.15, 0.2) is 11.5 Å². The Balaban J connectivity index is 0.00000320. The van der Waals surface area contributed by atoms with Gasteiger partial charge in [-0.25, -0.2) is 9.97 Å². The molecule has 0 bridgehead atoms. The van der Waals surface area contributed by atoms with Crippen molar-refractivity contribution < 1.29 is 9.47 Å². The van der Waals surface area contributed by atoms with Gasteiger partial charge in [-0.15, -0.1) is 18.8 Å². The highest BCUT2D eigenvalue weighted by molar-refractivity contribution is 5.93. The van der Waals surface area contributed by atoms with Gasteiger partial charge in [0, 0.05) is 22.7 Å². The molecular formula is C24H28ClN3O2. The van der Waals surface area contributed by atoms with E-state index in [1.165, 1.54) is 0 Å². The molecule has 6 heteroatoms. The van der Waals surface area contributed by atoms with Gasteiger partial charge in [-0.2, -0.15) is 0 Å². The maximum Gasteiger partial charge on any atom is 0.163 e. The second-order valence-electron chi connectivity index (χ2n) is 6.79. The summed E-state index contributed by atoms with van der Waals surface area (Å²) in [5.41, 5.74) is 2.48. The first-order valence-electron chi connectivity index (χ1n) is 10.1. The standard InChI is InChI=1S/C24H27N3O2.ClH/c1-4-7-12-28-22-15-20-21(16-23(22)29-13-8-5-2)25-17-26-24(20)27-19-11-9-10-18(6-3)14-19;/h3,9-11,14-17H,4-5,7-8,12-13H2,1-2H3,(H,25,26,27);1H. The van der Waals surface area contributed by atoms with Crippen LogP contribution in [-0.4, -0.2) is 23.2 Å². The van der Waals surface area contributed by atoms with Crippen LogP contribution in [0.1, 0.15) is 45.1 Å². The molecule has 0 unspecified atom stereocenters. The number of rotatable bonds is 10. The van der Waals surface area contributed by atoms with E-state index in [9.17, 15) is 0 Å². The molecule has 0 aliphatic carbocycles. The monoisotopic (exact) mass is 425 g/mol. The van der Waals surface area contributed by atoms with E-state index in [1.807, 2.05) is 36.4 Å². The van der Waals surface area contributed by atoms with E-state index in [-0.39, 0.29) is 12.4 Å². The summed E-state index contributed by atoms with van der Waals surface area (Å²) in [6, 6.07) is 11.6. The number of terminal acetylenes is 1. The highest BCUT2D eigenvalue weighted by Crippen LogP contribution is 2.35. The molecule has 1 N–H and O–H groups in total. The van der Waals surface area contributed by atoms with Crippen molar-refractivity contribution >= 4 is 34.8 Å². The molecule has 1 heterocycles. The van der Waals surface area contributed by atoms with Gasteiger partial charge in [-0.05, 0) is 37.1 Å². The largest absolute Gasteiger partial charge is 0.490 e. The quantitative estimate of drug-likeness (QED) is 0.312. The SMILES string of the molecule is C#Cc1cccc(Nc2ncnc3cc(OCCCC)c(OCCCC)cc23)c1.Cl. The molecule has 0 aliphatic rings. The van der Waals surface area contributed by atoms with E-state index in [1.54, 1.807) is 6.33 Å². The fraction of sp³-hybridized carbons (Fsp3) is 0.333. The number of hydrogen-bond donors (Lipinski definition) is 1. The van der Waals surface area contributed by atoms with E-state index >= 15 is 0 Å². The lowest BCUT2D eigenvalue weighted by Crippen LogP contribution is -2.03. The maximum atomic E-state index is 6.02. The van der Waals surface area contributed by atoms with E-state index < -0.39 is 0 Å². The fourth-order valence-corrected chi connectivity index (χ4v) is 2.87. The number of nitrogens with one attached hydrogen (secondary N) is 1. The summed E-state index contributed by atoms with van der Waals surface area (Å²) in [5, 5.41) is 4.21. The van der Waals surface area contributed by atoms with Crippen molar-refractivity contribution in [3.05, 3.63) is 48.3 Å². The van der Waals surface area contributed by atoms with Crippen molar-refractivity contribution in [2.24, 2.45) is 0 Å². The van der Waals surface area contributed by atoms with Crippen LogP contribution in [0.25, 0.3) is 10.9 Å². The lowest BCUT2D eigenvalue weighted by molar-refractivity contribution is 0.262. The highest BCUT2D eigenvalue weighted by Gasteiger charge is 2.13. The van der Waals surface area contributed by atoms with Gasteiger partial charge in [-0.3, -0.25) is 0 Å². The summed E-state index contributed by atoms with van der Waals surface area (Å²) in [6.07, 6.45) is 11.2. The van der Waals surface area contributed by atoms with Gasteiger partial charge in [0.05, 0.1) is 18.7 Å². The normalized spacial score (nSPS) is 10.2. The predicted molar refractivity (Wildman–Crippen MR) is 125 cm³/mol. The van der Waals surface area contributed by atoms with E-state index in [0.29, 0.717) is 19.0 Å². The third-order valence-corrected chi connectivity index (χ3v) is 4.50. The lowest BCUT2D eigenvalue weighted by atomic mass is 10.2. The van der Waals surface area contributed by atoms with Gasteiger partial charge in [0.2, 0.25) is 0 Å². The Labute approximate surface area is 184 Å². The van der Waals surface area contributed by atoms with Crippen molar-refractivity contribution in [3.8, 4) is 23.8 Å². The number of halogens is 1. The average Bonchev–Trinajstić information content (AvgIpc) is 2.75. The topological polar surface area (TPSA) is 56.3 Å². The Morgan fingerprint density at radius 2 is 1.67 bits per heavy atom. The molecule has 0 radical (unpaired) electrons. The maximum absolute atomic E-state index is 6.02. The minimum absolute atomic E-state index is 0.